The number of nitrogen functional groups attached to an aromatic ring is 1. The van der Waals surface area contributed by atoms with Crippen LogP contribution < -0.4 is 10.5 Å². The Kier molecular flexibility index (Phi) is 3.85. The van der Waals surface area contributed by atoms with E-state index in [0.717, 1.165) is 21.5 Å². The predicted molar refractivity (Wildman–Crippen MR) is 81.4 cm³/mol. The predicted octanol–water partition coefficient (Wildman–Crippen LogP) is 3.56. The zero-order valence-corrected chi connectivity index (χ0v) is 13.2. The second-order valence-corrected chi connectivity index (χ2v) is 5.58. The lowest BCUT2D eigenvalue weighted by Gasteiger charge is -2.11. The summed E-state index contributed by atoms with van der Waals surface area (Å²) >= 11 is 3.50. The van der Waals surface area contributed by atoms with E-state index in [4.69, 9.17) is 10.5 Å². The SMILES string of the molecule is COc1ccc(C(C)C)cc1-c1nn(C)c(N)c1Br. The molecule has 0 aliphatic carbocycles. The molecule has 102 valence electrons. The molecule has 1 heterocycles. The first-order valence-electron chi connectivity index (χ1n) is 6.12. The van der Waals surface area contributed by atoms with Gasteiger partial charge in [0.05, 0.1) is 11.6 Å². The summed E-state index contributed by atoms with van der Waals surface area (Å²) in [6.07, 6.45) is 0. The number of anilines is 1. The Balaban J connectivity index is 2.65. The molecular weight excluding hydrogens is 306 g/mol. The Labute approximate surface area is 121 Å². The number of nitrogens with zero attached hydrogens (tertiary/aromatic N) is 2. The quantitative estimate of drug-likeness (QED) is 0.939. The largest absolute Gasteiger partial charge is 0.496 e. The molecule has 5 heteroatoms. The standard InChI is InChI=1S/C14H18BrN3O/c1-8(2)9-5-6-11(19-4)10(7-9)13-12(15)14(16)18(3)17-13/h5-8H,16H2,1-4H3. The van der Waals surface area contributed by atoms with Gasteiger partial charge in [0, 0.05) is 12.6 Å². The molecule has 0 saturated heterocycles. The fraction of sp³-hybridized carbons (Fsp3) is 0.357. The van der Waals surface area contributed by atoms with Crippen molar-refractivity contribution < 1.29 is 4.74 Å². The molecule has 0 aliphatic heterocycles. The van der Waals surface area contributed by atoms with Crippen LogP contribution in [0.15, 0.2) is 22.7 Å². The third-order valence-electron chi connectivity index (χ3n) is 3.18. The van der Waals surface area contributed by atoms with Crippen LogP contribution in [-0.4, -0.2) is 16.9 Å². The molecule has 0 radical (unpaired) electrons. The number of hydrogen-bond acceptors (Lipinski definition) is 3. The number of halogens is 1. The van der Waals surface area contributed by atoms with Crippen LogP contribution in [0.2, 0.25) is 0 Å². The molecule has 2 rings (SSSR count). The van der Waals surface area contributed by atoms with Crippen molar-refractivity contribution in [3.05, 3.63) is 28.2 Å². The van der Waals surface area contributed by atoms with Crippen LogP contribution in [0.4, 0.5) is 5.82 Å². The highest BCUT2D eigenvalue weighted by Gasteiger charge is 2.17. The van der Waals surface area contributed by atoms with Crippen LogP contribution in [-0.2, 0) is 7.05 Å². The van der Waals surface area contributed by atoms with Gasteiger partial charge < -0.3 is 10.5 Å². The van der Waals surface area contributed by atoms with Gasteiger partial charge in [-0.25, -0.2) is 0 Å². The number of benzene rings is 1. The maximum Gasteiger partial charge on any atom is 0.136 e. The minimum Gasteiger partial charge on any atom is -0.496 e. The van der Waals surface area contributed by atoms with Gasteiger partial charge in [-0.15, -0.1) is 0 Å². The van der Waals surface area contributed by atoms with E-state index in [0.29, 0.717) is 11.7 Å². The number of ether oxygens (including phenoxy) is 1. The van der Waals surface area contributed by atoms with E-state index in [1.807, 2.05) is 13.1 Å². The van der Waals surface area contributed by atoms with Crippen molar-refractivity contribution in [2.75, 3.05) is 12.8 Å². The van der Waals surface area contributed by atoms with E-state index in [2.05, 4.69) is 47.0 Å². The Morgan fingerprint density at radius 3 is 2.53 bits per heavy atom. The molecule has 4 nitrogen and oxygen atoms in total. The van der Waals surface area contributed by atoms with Crippen molar-refractivity contribution in [3.8, 4) is 17.0 Å². The van der Waals surface area contributed by atoms with Crippen molar-refractivity contribution in [1.82, 2.24) is 9.78 Å². The van der Waals surface area contributed by atoms with E-state index in [1.165, 1.54) is 5.56 Å². The molecule has 0 unspecified atom stereocenters. The summed E-state index contributed by atoms with van der Waals surface area (Å²) in [7, 11) is 3.48. The topological polar surface area (TPSA) is 53.1 Å². The van der Waals surface area contributed by atoms with Gasteiger partial charge in [0.2, 0.25) is 0 Å². The highest BCUT2D eigenvalue weighted by Crippen LogP contribution is 2.38. The Morgan fingerprint density at radius 1 is 1.37 bits per heavy atom. The van der Waals surface area contributed by atoms with E-state index >= 15 is 0 Å². The van der Waals surface area contributed by atoms with Crippen molar-refractivity contribution >= 4 is 21.7 Å². The summed E-state index contributed by atoms with van der Waals surface area (Å²) in [5, 5.41) is 4.45. The van der Waals surface area contributed by atoms with Crippen molar-refractivity contribution in [2.45, 2.75) is 19.8 Å². The number of rotatable bonds is 3. The van der Waals surface area contributed by atoms with E-state index < -0.39 is 0 Å². The molecule has 1 aromatic heterocycles. The smallest absolute Gasteiger partial charge is 0.136 e. The average molecular weight is 324 g/mol. The van der Waals surface area contributed by atoms with Crippen LogP contribution in [0.5, 0.6) is 5.75 Å². The molecule has 0 spiro atoms. The second kappa shape index (κ2) is 5.25. The molecule has 0 atom stereocenters. The van der Waals surface area contributed by atoms with Gasteiger partial charge in [0.15, 0.2) is 0 Å². The first-order valence-corrected chi connectivity index (χ1v) is 6.91. The molecular formula is C14H18BrN3O. The van der Waals surface area contributed by atoms with Gasteiger partial charge >= 0.3 is 0 Å². The third-order valence-corrected chi connectivity index (χ3v) is 3.96. The number of methoxy groups -OCH3 is 1. The fourth-order valence-corrected chi connectivity index (χ4v) is 2.50. The molecule has 0 aliphatic rings. The van der Waals surface area contributed by atoms with Crippen LogP contribution in [0.3, 0.4) is 0 Å². The number of hydrogen-bond donors (Lipinski definition) is 1. The van der Waals surface area contributed by atoms with Crippen LogP contribution in [0.25, 0.3) is 11.3 Å². The maximum absolute atomic E-state index is 5.94. The third kappa shape index (κ3) is 2.47. The minimum absolute atomic E-state index is 0.449. The lowest BCUT2D eigenvalue weighted by molar-refractivity contribution is 0.416. The molecule has 0 fully saturated rings. The summed E-state index contributed by atoms with van der Waals surface area (Å²) in [6, 6.07) is 6.16. The molecule has 0 saturated carbocycles. The first kappa shape index (κ1) is 13.9. The van der Waals surface area contributed by atoms with Crippen molar-refractivity contribution in [2.24, 2.45) is 7.05 Å². The van der Waals surface area contributed by atoms with Crippen molar-refractivity contribution in [1.29, 1.82) is 0 Å². The summed E-state index contributed by atoms with van der Waals surface area (Å²) in [5.74, 6) is 1.85. The maximum atomic E-state index is 5.94. The Morgan fingerprint density at radius 2 is 2.05 bits per heavy atom. The zero-order valence-electron chi connectivity index (χ0n) is 11.6. The molecule has 1 aromatic carbocycles. The minimum atomic E-state index is 0.449. The summed E-state index contributed by atoms with van der Waals surface area (Å²) < 4.78 is 7.88. The summed E-state index contributed by atoms with van der Waals surface area (Å²) in [6.45, 7) is 4.32. The molecule has 2 N–H and O–H groups in total. The Bertz CT molecular complexity index is 605. The second-order valence-electron chi connectivity index (χ2n) is 4.79. The van der Waals surface area contributed by atoms with Gasteiger partial charge in [-0.2, -0.15) is 5.10 Å². The van der Waals surface area contributed by atoms with Gasteiger partial charge in [-0.3, -0.25) is 4.68 Å². The van der Waals surface area contributed by atoms with Gasteiger partial charge in [-0.1, -0.05) is 19.9 Å². The highest BCUT2D eigenvalue weighted by molar-refractivity contribution is 9.10. The van der Waals surface area contributed by atoms with Gasteiger partial charge in [-0.05, 0) is 39.5 Å². The monoisotopic (exact) mass is 323 g/mol. The average Bonchev–Trinajstić information content (AvgIpc) is 2.65. The molecule has 0 bridgehead atoms. The lowest BCUT2D eigenvalue weighted by atomic mass is 9.99. The van der Waals surface area contributed by atoms with E-state index in [9.17, 15) is 0 Å². The summed E-state index contributed by atoms with van der Waals surface area (Å²) in [5.41, 5.74) is 8.94. The van der Waals surface area contributed by atoms with E-state index in [-0.39, 0.29) is 0 Å². The molecule has 2 aromatic rings. The fourth-order valence-electron chi connectivity index (χ4n) is 1.95. The van der Waals surface area contributed by atoms with Crippen molar-refractivity contribution in [3.63, 3.8) is 0 Å². The normalized spacial score (nSPS) is 11.1. The van der Waals surface area contributed by atoms with Gasteiger partial charge in [0.25, 0.3) is 0 Å². The number of aromatic nitrogens is 2. The molecule has 19 heavy (non-hydrogen) atoms. The first-order chi connectivity index (χ1) is 8.95. The summed E-state index contributed by atoms with van der Waals surface area (Å²) in [4.78, 5) is 0. The highest BCUT2D eigenvalue weighted by atomic mass is 79.9. The number of nitrogens with two attached hydrogens (primary N) is 1. The van der Waals surface area contributed by atoms with E-state index in [1.54, 1.807) is 11.8 Å². The van der Waals surface area contributed by atoms with Crippen LogP contribution >= 0.6 is 15.9 Å². The molecule has 0 amide bonds. The number of aryl methyl sites for hydroxylation is 1. The van der Waals surface area contributed by atoms with Crippen LogP contribution in [0, 0.1) is 0 Å². The van der Waals surface area contributed by atoms with Crippen LogP contribution in [0.1, 0.15) is 25.3 Å². The Hall–Kier alpha value is -1.49. The van der Waals surface area contributed by atoms with Gasteiger partial charge in [0.1, 0.15) is 17.3 Å². The zero-order chi connectivity index (χ0) is 14.2. The lowest BCUT2D eigenvalue weighted by Crippen LogP contribution is -1.97.